The van der Waals surface area contributed by atoms with Gasteiger partial charge in [0.1, 0.15) is 5.75 Å². The fourth-order valence-corrected chi connectivity index (χ4v) is 3.06. The molecular formula is C20H21BrN2O3. The topological polar surface area (TPSA) is 58.6 Å². The summed E-state index contributed by atoms with van der Waals surface area (Å²) >= 11 is 3.37. The van der Waals surface area contributed by atoms with E-state index in [-0.39, 0.29) is 11.8 Å². The summed E-state index contributed by atoms with van der Waals surface area (Å²) in [5.74, 6) is 0.866. The van der Waals surface area contributed by atoms with Gasteiger partial charge < -0.3 is 15.0 Å². The number of ether oxygens (including phenoxy) is 1. The SMILES string of the molecule is O=C(CCOc1ccc(Br)cc1)NCc1ccc(N2CCCC2=O)cc1. The summed E-state index contributed by atoms with van der Waals surface area (Å²) in [6.45, 7) is 1.59. The maximum atomic E-state index is 11.9. The third-order valence-electron chi connectivity index (χ3n) is 4.22. The minimum atomic E-state index is -0.0547. The van der Waals surface area contributed by atoms with Gasteiger partial charge in [0.2, 0.25) is 11.8 Å². The number of nitrogens with zero attached hydrogens (tertiary/aromatic N) is 1. The molecule has 2 aromatic carbocycles. The first-order valence-corrected chi connectivity index (χ1v) is 9.45. The normalized spacial score (nSPS) is 13.7. The Labute approximate surface area is 161 Å². The predicted molar refractivity (Wildman–Crippen MR) is 104 cm³/mol. The molecule has 0 bridgehead atoms. The van der Waals surface area contributed by atoms with E-state index in [1.807, 2.05) is 53.4 Å². The first-order valence-electron chi connectivity index (χ1n) is 8.66. The average molecular weight is 417 g/mol. The van der Waals surface area contributed by atoms with Crippen LogP contribution in [0.1, 0.15) is 24.8 Å². The van der Waals surface area contributed by atoms with Crippen LogP contribution < -0.4 is 15.0 Å². The second-order valence-electron chi connectivity index (χ2n) is 6.14. The number of amides is 2. The molecule has 1 aliphatic heterocycles. The van der Waals surface area contributed by atoms with Gasteiger partial charge in [-0.3, -0.25) is 9.59 Å². The van der Waals surface area contributed by atoms with Crippen LogP contribution in [0, 0.1) is 0 Å². The van der Waals surface area contributed by atoms with Crippen molar-refractivity contribution in [1.29, 1.82) is 0 Å². The zero-order valence-electron chi connectivity index (χ0n) is 14.4. The monoisotopic (exact) mass is 416 g/mol. The average Bonchev–Trinajstić information content (AvgIpc) is 3.08. The molecule has 1 N–H and O–H groups in total. The fourth-order valence-electron chi connectivity index (χ4n) is 2.80. The molecule has 1 fully saturated rings. The minimum absolute atomic E-state index is 0.0547. The van der Waals surface area contributed by atoms with Crippen molar-refractivity contribution in [2.24, 2.45) is 0 Å². The number of anilines is 1. The second-order valence-corrected chi connectivity index (χ2v) is 7.06. The maximum absolute atomic E-state index is 11.9. The Morgan fingerprint density at radius 2 is 1.85 bits per heavy atom. The first-order chi connectivity index (χ1) is 12.6. The van der Waals surface area contributed by atoms with Crippen molar-refractivity contribution in [3.05, 3.63) is 58.6 Å². The molecule has 1 heterocycles. The minimum Gasteiger partial charge on any atom is -0.493 e. The van der Waals surface area contributed by atoms with E-state index in [4.69, 9.17) is 4.74 Å². The summed E-state index contributed by atoms with van der Waals surface area (Å²) < 4.78 is 6.54. The van der Waals surface area contributed by atoms with Gasteiger partial charge in [0, 0.05) is 29.7 Å². The Hall–Kier alpha value is -2.34. The number of hydrogen-bond donors (Lipinski definition) is 1. The van der Waals surface area contributed by atoms with Crippen molar-refractivity contribution >= 4 is 33.4 Å². The van der Waals surface area contributed by atoms with Crippen LogP contribution in [0.25, 0.3) is 0 Å². The predicted octanol–water partition coefficient (Wildman–Crippen LogP) is 3.66. The second kappa shape index (κ2) is 8.85. The molecule has 0 saturated carbocycles. The lowest BCUT2D eigenvalue weighted by Crippen LogP contribution is -2.25. The molecule has 0 aromatic heterocycles. The van der Waals surface area contributed by atoms with E-state index in [2.05, 4.69) is 21.2 Å². The van der Waals surface area contributed by atoms with E-state index in [9.17, 15) is 9.59 Å². The largest absolute Gasteiger partial charge is 0.493 e. The third-order valence-corrected chi connectivity index (χ3v) is 4.75. The zero-order valence-corrected chi connectivity index (χ0v) is 16.0. The molecule has 1 saturated heterocycles. The van der Waals surface area contributed by atoms with Crippen molar-refractivity contribution in [1.82, 2.24) is 5.32 Å². The van der Waals surface area contributed by atoms with Crippen molar-refractivity contribution in [3.8, 4) is 5.75 Å². The van der Waals surface area contributed by atoms with Gasteiger partial charge in [0.15, 0.2) is 0 Å². The van der Waals surface area contributed by atoms with Crippen molar-refractivity contribution < 1.29 is 14.3 Å². The summed E-state index contributed by atoms with van der Waals surface area (Å²) in [6.07, 6.45) is 1.84. The molecule has 0 spiro atoms. The van der Waals surface area contributed by atoms with Gasteiger partial charge in [0.05, 0.1) is 13.0 Å². The van der Waals surface area contributed by atoms with Crippen LogP contribution in [0.4, 0.5) is 5.69 Å². The molecule has 3 rings (SSSR count). The van der Waals surface area contributed by atoms with E-state index < -0.39 is 0 Å². The Balaban J connectivity index is 1.40. The van der Waals surface area contributed by atoms with Gasteiger partial charge >= 0.3 is 0 Å². The highest BCUT2D eigenvalue weighted by atomic mass is 79.9. The number of carbonyl (C=O) groups is 2. The Morgan fingerprint density at radius 1 is 1.12 bits per heavy atom. The molecule has 5 nitrogen and oxygen atoms in total. The van der Waals surface area contributed by atoms with Crippen molar-refractivity contribution in [3.63, 3.8) is 0 Å². The number of hydrogen-bond acceptors (Lipinski definition) is 3. The Kier molecular flexibility index (Phi) is 6.28. The molecule has 1 aliphatic rings. The summed E-state index contributed by atoms with van der Waals surface area (Å²) in [5.41, 5.74) is 1.92. The van der Waals surface area contributed by atoms with Gasteiger partial charge in [0.25, 0.3) is 0 Å². The van der Waals surface area contributed by atoms with Crippen LogP contribution >= 0.6 is 15.9 Å². The van der Waals surface area contributed by atoms with Crippen LogP contribution in [0.5, 0.6) is 5.75 Å². The van der Waals surface area contributed by atoms with Crippen molar-refractivity contribution in [2.45, 2.75) is 25.8 Å². The molecular weight excluding hydrogens is 396 g/mol. The van der Waals surface area contributed by atoms with Gasteiger partial charge in [-0.25, -0.2) is 0 Å². The molecule has 136 valence electrons. The molecule has 0 unspecified atom stereocenters. The molecule has 6 heteroatoms. The third kappa shape index (κ3) is 5.08. The van der Waals surface area contributed by atoms with Crippen LogP contribution in [-0.4, -0.2) is 25.0 Å². The molecule has 2 amide bonds. The quantitative estimate of drug-likeness (QED) is 0.748. The highest BCUT2D eigenvalue weighted by Crippen LogP contribution is 2.21. The first kappa shape index (κ1) is 18.5. The Morgan fingerprint density at radius 3 is 2.50 bits per heavy atom. The molecule has 0 radical (unpaired) electrons. The van der Waals surface area contributed by atoms with E-state index in [0.717, 1.165) is 34.4 Å². The lowest BCUT2D eigenvalue weighted by atomic mass is 10.2. The summed E-state index contributed by atoms with van der Waals surface area (Å²) in [4.78, 5) is 25.5. The molecule has 26 heavy (non-hydrogen) atoms. The standard InChI is InChI=1S/C20H21BrN2O3/c21-16-5-9-18(10-6-16)26-13-11-19(24)22-14-15-3-7-17(8-4-15)23-12-1-2-20(23)25/h3-10H,1-2,11-14H2,(H,22,24). The summed E-state index contributed by atoms with van der Waals surface area (Å²) in [5, 5.41) is 2.89. The summed E-state index contributed by atoms with van der Waals surface area (Å²) in [6, 6.07) is 15.3. The number of benzene rings is 2. The summed E-state index contributed by atoms with van der Waals surface area (Å²) in [7, 11) is 0. The van der Waals surface area contributed by atoms with Gasteiger partial charge in [-0.05, 0) is 48.4 Å². The van der Waals surface area contributed by atoms with E-state index >= 15 is 0 Å². The lowest BCUT2D eigenvalue weighted by molar-refractivity contribution is -0.121. The smallest absolute Gasteiger partial charge is 0.227 e. The van der Waals surface area contributed by atoms with E-state index in [1.165, 1.54) is 0 Å². The van der Waals surface area contributed by atoms with Crippen LogP contribution in [0.3, 0.4) is 0 Å². The number of halogens is 1. The highest BCUT2D eigenvalue weighted by molar-refractivity contribution is 9.10. The molecule has 0 aliphatic carbocycles. The van der Waals surface area contributed by atoms with E-state index in [0.29, 0.717) is 26.0 Å². The van der Waals surface area contributed by atoms with Gasteiger partial charge in [-0.2, -0.15) is 0 Å². The number of nitrogens with one attached hydrogen (secondary N) is 1. The molecule has 2 aromatic rings. The van der Waals surface area contributed by atoms with Crippen LogP contribution in [0.15, 0.2) is 53.0 Å². The Bertz CT molecular complexity index is 760. The highest BCUT2D eigenvalue weighted by Gasteiger charge is 2.21. The van der Waals surface area contributed by atoms with E-state index in [1.54, 1.807) is 0 Å². The number of carbonyl (C=O) groups excluding carboxylic acids is 2. The van der Waals surface area contributed by atoms with Gasteiger partial charge in [-0.15, -0.1) is 0 Å². The molecule has 0 atom stereocenters. The van der Waals surface area contributed by atoms with Crippen LogP contribution in [-0.2, 0) is 16.1 Å². The zero-order chi connectivity index (χ0) is 18.4. The lowest BCUT2D eigenvalue weighted by Gasteiger charge is -2.16. The number of rotatable bonds is 7. The fraction of sp³-hybridized carbons (Fsp3) is 0.300. The maximum Gasteiger partial charge on any atom is 0.227 e. The van der Waals surface area contributed by atoms with Crippen LogP contribution in [0.2, 0.25) is 0 Å². The van der Waals surface area contributed by atoms with Crippen molar-refractivity contribution in [2.75, 3.05) is 18.1 Å². The van der Waals surface area contributed by atoms with Gasteiger partial charge in [-0.1, -0.05) is 28.1 Å².